The van der Waals surface area contributed by atoms with Crippen molar-refractivity contribution in [3.8, 4) is 10.7 Å². The van der Waals surface area contributed by atoms with E-state index in [0.717, 1.165) is 25.3 Å². The summed E-state index contributed by atoms with van der Waals surface area (Å²) in [5, 5.41) is 2.12. The molecule has 0 radical (unpaired) electrons. The molecule has 0 aromatic carbocycles. The fourth-order valence-corrected chi connectivity index (χ4v) is 4.54. The molecule has 1 aliphatic heterocycles. The zero-order valence-electron chi connectivity index (χ0n) is 11.6. The molecule has 106 valence electrons. The van der Waals surface area contributed by atoms with E-state index >= 15 is 0 Å². The molecule has 0 amide bonds. The van der Waals surface area contributed by atoms with E-state index in [1.807, 2.05) is 6.20 Å². The van der Waals surface area contributed by atoms with E-state index in [2.05, 4.69) is 33.3 Å². The van der Waals surface area contributed by atoms with Gasteiger partial charge in [-0.3, -0.25) is 0 Å². The van der Waals surface area contributed by atoms with Crippen LogP contribution in [0.5, 0.6) is 0 Å². The largest absolute Gasteiger partial charge is 0.375 e. The van der Waals surface area contributed by atoms with Gasteiger partial charge < -0.3 is 9.30 Å². The Morgan fingerprint density at radius 2 is 2.25 bits per heavy atom. The van der Waals surface area contributed by atoms with Gasteiger partial charge in [0, 0.05) is 25.0 Å². The van der Waals surface area contributed by atoms with Crippen LogP contribution in [0.1, 0.15) is 44.6 Å². The van der Waals surface area contributed by atoms with Gasteiger partial charge in [0.25, 0.3) is 0 Å². The van der Waals surface area contributed by atoms with Crippen LogP contribution in [0.15, 0.2) is 29.9 Å². The van der Waals surface area contributed by atoms with Crippen LogP contribution in [0.2, 0.25) is 0 Å². The second-order valence-corrected chi connectivity index (χ2v) is 6.97. The molecule has 0 bridgehead atoms. The van der Waals surface area contributed by atoms with Crippen molar-refractivity contribution in [2.45, 2.75) is 50.2 Å². The molecular weight excluding hydrogens is 268 g/mol. The lowest BCUT2D eigenvalue weighted by Crippen LogP contribution is -2.38. The Bertz CT molecular complexity index is 569. The molecule has 1 atom stereocenters. The van der Waals surface area contributed by atoms with Crippen LogP contribution in [-0.2, 0) is 4.74 Å². The van der Waals surface area contributed by atoms with Gasteiger partial charge in [-0.05, 0) is 37.1 Å². The van der Waals surface area contributed by atoms with Crippen LogP contribution in [0, 0.1) is 0 Å². The summed E-state index contributed by atoms with van der Waals surface area (Å²) in [5.74, 6) is 1.13. The Morgan fingerprint density at radius 3 is 3.05 bits per heavy atom. The highest BCUT2D eigenvalue weighted by molar-refractivity contribution is 7.13. The monoisotopic (exact) mass is 288 g/mol. The smallest absolute Gasteiger partial charge is 0.150 e. The van der Waals surface area contributed by atoms with Gasteiger partial charge in [0.2, 0.25) is 0 Å². The third-order valence-corrected chi connectivity index (χ3v) is 5.65. The summed E-state index contributed by atoms with van der Waals surface area (Å²) in [7, 11) is 0. The highest BCUT2D eigenvalue weighted by Gasteiger charge is 2.40. The van der Waals surface area contributed by atoms with E-state index in [0.29, 0.717) is 6.04 Å². The lowest BCUT2D eigenvalue weighted by atomic mass is 9.88. The van der Waals surface area contributed by atoms with Crippen molar-refractivity contribution in [3.05, 3.63) is 29.9 Å². The van der Waals surface area contributed by atoms with Crippen LogP contribution >= 0.6 is 11.3 Å². The van der Waals surface area contributed by atoms with E-state index in [1.165, 1.54) is 30.6 Å². The lowest BCUT2D eigenvalue weighted by Gasteiger charge is -2.39. The normalized spacial score (nSPS) is 25.3. The second-order valence-electron chi connectivity index (χ2n) is 6.02. The van der Waals surface area contributed by atoms with Gasteiger partial charge in [-0.2, -0.15) is 0 Å². The molecular formula is C16H20N2OS. The predicted octanol–water partition coefficient (Wildman–Crippen LogP) is 4.28. The second kappa shape index (κ2) is 5.01. The third-order valence-electron chi connectivity index (χ3n) is 4.79. The third kappa shape index (κ3) is 2.11. The molecule has 20 heavy (non-hydrogen) atoms. The Labute approximate surface area is 123 Å². The van der Waals surface area contributed by atoms with E-state index in [1.54, 1.807) is 11.3 Å². The highest BCUT2D eigenvalue weighted by Crippen LogP contribution is 2.44. The zero-order chi connectivity index (χ0) is 13.4. The first kappa shape index (κ1) is 12.6. The first-order valence-electron chi connectivity index (χ1n) is 7.57. The summed E-state index contributed by atoms with van der Waals surface area (Å²) in [5.41, 5.74) is 0.167. The Morgan fingerprint density at radius 1 is 1.35 bits per heavy atom. The Kier molecular flexibility index (Phi) is 3.15. The molecule has 2 aromatic rings. The number of thiophene rings is 1. The molecule has 1 unspecified atom stereocenters. The number of rotatable bonds is 2. The molecule has 1 saturated heterocycles. The van der Waals surface area contributed by atoms with Crippen molar-refractivity contribution < 1.29 is 4.74 Å². The topological polar surface area (TPSA) is 27.1 Å². The summed E-state index contributed by atoms with van der Waals surface area (Å²) in [6.07, 6.45) is 11.5. The number of ether oxygens (including phenoxy) is 1. The number of nitrogens with zero attached hydrogens (tertiary/aromatic N) is 2. The molecule has 4 heteroatoms. The maximum Gasteiger partial charge on any atom is 0.150 e. The van der Waals surface area contributed by atoms with Gasteiger partial charge in [-0.1, -0.05) is 18.9 Å². The number of imidazole rings is 1. The van der Waals surface area contributed by atoms with Gasteiger partial charge in [0.1, 0.15) is 5.82 Å². The minimum Gasteiger partial charge on any atom is -0.375 e. The molecule has 2 aromatic heterocycles. The van der Waals surface area contributed by atoms with E-state index in [4.69, 9.17) is 4.74 Å². The van der Waals surface area contributed by atoms with Gasteiger partial charge in [-0.15, -0.1) is 11.3 Å². The van der Waals surface area contributed by atoms with Gasteiger partial charge in [0.15, 0.2) is 0 Å². The minimum atomic E-state index is 0.167. The van der Waals surface area contributed by atoms with E-state index in [-0.39, 0.29) is 5.60 Å². The van der Waals surface area contributed by atoms with E-state index < -0.39 is 0 Å². The standard InChI is InChI=1S/C16H20N2OS/c1-2-7-16(6-1)12-13(5-10-19-16)18-9-8-17-15(18)14-4-3-11-20-14/h3-4,8-9,11,13H,1-2,5-7,10,12H2. The predicted molar refractivity (Wildman–Crippen MR) is 81.0 cm³/mol. The highest BCUT2D eigenvalue weighted by atomic mass is 32.1. The average Bonchev–Trinajstić information content (AvgIpc) is 3.20. The fourth-order valence-electron chi connectivity index (χ4n) is 3.81. The van der Waals surface area contributed by atoms with Gasteiger partial charge >= 0.3 is 0 Å². The molecule has 1 spiro atoms. The quantitative estimate of drug-likeness (QED) is 0.825. The number of hydrogen-bond acceptors (Lipinski definition) is 3. The molecule has 3 nitrogen and oxygen atoms in total. The van der Waals surface area contributed by atoms with Gasteiger partial charge in [0.05, 0.1) is 10.5 Å². The SMILES string of the molecule is c1csc(-c2nccn2C2CCOC3(CCCC3)C2)c1. The summed E-state index contributed by atoms with van der Waals surface area (Å²) in [6.45, 7) is 0.896. The van der Waals surface area contributed by atoms with Crippen molar-refractivity contribution in [2.24, 2.45) is 0 Å². The molecule has 2 aliphatic rings. The summed E-state index contributed by atoms with van der Waals surface area (Å²) in [6, 6.07) is 4.80. The molecule has 4 rings (SSSR count). The van der Waals surface area contributed by atoms with Crippen LogP contribution in [0.4, 0.5) is 0 Å². The average molecular weight is 288 g/mol. The summed E-state index contributed by atoms with van der Waals surface area (Å²) in [4.78, 5) is 5.85. The molecule has 1 aliphatic carbocycles. The van der Waals surface area contributed by atoms with Crippen molar-refractivity contribution in [1.82, 2.24) is 9.55 Å². The first-order chi connectivity index (χ1) is 9.86. The number of aromatic nitrogens is 2. The van der Waals surface area contributed by atoms with Crippen molar-refractivity contribution in [3.63, 3.8) is 0 Å². The van der Waals surface area contributed by atoms with Crippen molar-refractivity contribution in [2.75, 3.05) is 6.61 Å². The molecule has 0 N–H and O–H groups in total. The van der Waals surface area contributed by atoms with Crippen LogP contribution < -0.4 is 0 Å². The van der Waals surface area contributed by atoms with Crippen molar-refractivity contribution in [1.29, 1.82) is 0 Å². The van der Waals surface area contributed by atoms with Crippen LogP contribution in [0.25, 0.3) is 10.7 Å². The van der Waals surface area contributed by atoms with Crippen molar-refractivity contribution >= 4 is 11.3 Å². The maximum absolute atomic E-state index is 6.15. The Hall–Kier alpha value is -1.13. The van der Waals surface area contributed by atoms with E-state index in [9.17, 15) is 0 Å². The van der Waals surface area contributed by atoms with Gasteiger partial charge in [-0.25, -0.2) is 4.98 Å². The first-order valence-corrected chi connectivity index (χ1v) is 8.45. The molecule has 2 fully saturated rings. The fraction of sp³-hybridized carbons (Fsp3) is 0.562. The zero-order valence-corrected chi connectivity index (χ0v) is 12.4. The lowest BCUT2D eigenvalue weighted by molar-refractivity contribution is -0.0892. The minimum absolute atomic E-state index is 0.167. The molecule has 1 saturated carbocycles. The summed E-state index contributed by atoms with van der Waals surface area (Å²) >= 11 is 1.77. The Balaban J connectivity index is 1.63. The van der Waals surface area contributed by atoms with Crippen LogP contribution in [-0.4, -0.2) is 21.8 Å². The maximum atomic E-state index is 6.15. The number of hydrogen-bond donors (Lipinski definition) is 0. The van der Waals surface area contributed by atoms with Crippen LogP contribution in [0.3, 0.4) is 0 Å². The summed E-state index contributed by atoms with van der Waals surface area (Å²) < 4.78 is 8.54. The molecule has 3 heterocycles.